The summed E-state index contributed by atoms with van der Waals surface area (Å²) < 4.78 is 33.6. The van der Waals surface area contributed by atoms with E-state index in [1.807, 2.05) is 6.92 Å². The lowest BCUT2D eigenvalue weighted by Gasteiger charge is -2.16. The standard InChI is InChI=1S/C8H17NO4S/c1-3-5-6-8-9(7-4-2)13-14(10,11)12/h4H,2-3,5-8H2,1H3,(H,10,11,12). The SMILES string of the molecule is C=CCN(CCCCC)OS(=O)(=O)O. The highest BCUT2D eigenvalue weighted by Crippen LogP contribution is 2.01. The van der Waals surface area contributed by atoms with Crippen LogP contribution in [0, 0.1) is 0 Å². The van der Waals surface area contributed by atoms with E-state index in [-0.39, 0.29) is 6.54 Å². The predicted octanol–water partition coefficient (Wildman–Crippen LogP) is 1.40. The molecule has 0 fully saturated rings. The lowest BCUT2D eigenvalue weighted by Crippen LogP contribution is -2.28. The average molecular weight is 223 g/mol. The molecule has 0 aliphatic rings. The van der Waals surface area contributed by atoms with Crippen LogP contribution in [0.2, 0.25) is 0 Å². The molecule has 5 nitrogen and oxygen atoms in total. The first kappa shape index (κ1) is 13.6. The Labute approximate surface area is 85.3 Å². The van der Waals surface area contributed by atoms with E-state index in [1.54, 1.807) is 0 Å². The van der Waals surface area contributed by atoms with Gasteiger partial charge < -0.3 is 0 Å². The zero-order chi connectivity index (χ0) is 11.0. The number of hydroxylamine groups is 2. The largest absolute Gasteiger partial charge is 0.413 e. The Morgan fingerprint density at radius 1 is 1.50 bits per heavy atom. The van der Waals surface area contributed by atoms with E-state index in [0.717, 1.165) is 24.3 Å². The Bertz CT molecular complexity index is 250. The molecule has 6 heteroatoms. The average Bonchev–Trinajstić information content (AvgIpc) is 2.02. The van der Waals surface area contributed by atoms with Gasteiger partial charge in [-0.3, -0.25) is 4.55 Å². The summed E-state index contributed by atoms with van der Waals surface area (Å²) >= 11 is 0. The Morgan fingerprint density at radius 2 is 2.14 bits per heavy atom. The van der Waals surface area contributed by atoms with Gasteiger partial charge in [0.15, 0.2) is 0 Å². The highest BCUT2D eigenvalue weighted by molar-refractivity contribution is 7.80. The van der Waals surface area contributed by atoms with Gasteiger partial charge in [0.25, 0.3) is 0 Å². The topological polar surface area (TPSA) is 66.8 Å². The molecular weight excluding hydrogens is 206 g/mol. The number of unbranched alkanes of at least 4 members (excludes halogenated alkanes) is 2. The monoisotopic (exact) mass is 223 g/mol. The van der Waals surface area contributed by atoms with Crippen molar-refractivity contribution >= 4 is 10.4 Å². The molecule has 84 valence electrons. The molecule has 0 unspecified atom stereocenters. The van der Waals surface area contributed by atoms with Crippen molar-refractivity contribution in [2.45, 2.75) is 26.2 Å². The van der Waals surface area contributed by atoms with E-state index in [2.05, 4.69) is 10.9 Å². The molecule has 0 aromatic rings. The molecule has 0 spiro atoms. The van der Waals surface area contributed by atoms with Crippen LogP contribution < -0.4 is 0 Å². The van der Waals surface area contributed by atoms with E-state index in [4.69, 9.17) is 4.55 Å². The van der Waals surface area contributed by atoms with Crippen LogP contribution in [-0.2, 0) is 14.7 Å². The second-order valence-electron chi connectivity index (χ2n) is 2.89. The smallest absolute Gasteiger partial charge is 0.262 e. The highest BCUT2D eigenvalue weighted by Gasteiger charge is 2.12. The summed E-state index contributed by atoms with van der Waals surface area (Å²) in [6, 6.07) is 0. The fraction of sp³-hybridized carbons (Fsp3) is 0.750. The van der Waals surface area contributed by atoms with Gasteiger partial charge >= 0.3 is 10.4 Å². The summed E-state index contributed by atoms with van der Waals surface area (Å²) in [4.78, 5) is 0. The van der Waals surface area contributed by atoms with E-state index in [9.17, 15) is 8.42 Å². The number of hydrogen-bond donors (Lipinski definition) is 1. The van der Waals surface area contributed by atoms with Crippen LogP contribution in [0.15, 0.2) is 12.7 Å². The number of rotatable bonds is 8. The predicted molar refractivity (Wildman–Crippen MR) is 53.9 cm³/mol. The molecule has 0 aromatic heterocycles. The van der Waals surface area contributed by atoms with Gasteiger partial charge in [0.1, 0.15) is 0 Å². The molecule has 0 heterocycles. The third-order valence-corrected chi connectivity index (χ3v) is 1.94. The van der Waals surface area contributed by atoms with Crippen LogP contribution in [0.1, 0.15) is 26.2 Å². The molecule has 0 radical (unpaired) electrons. The minimum atomic E-state index is -4.40. The van der Waals surface area contributed by atoms with E-state index in [1.165, 1.54) is 6.08 Å². The van der Waals surface area contributed by atoms with Gasteiger partial charge in [-0.1, -0.05) is 25.8 Å². The Morgan fingerprint density at radius 3 is 2.57 bits per heavy atom. The normalized spacial score (nSPS) is 11.9. The minimum Gasteiger partial charge on any atom is -0.262 e. The van der Waals surface area contributed by atoms with Gasteiger partial charge in [0.05, 0.1) is 0 Å². The Balaban J connectivity index is 3.95. The fourth-order valence-corrected chi connectivity index (χ4v) is 1.38. The van der Waals surface area contributed by atoms with Crippen molar-refractivity contribution in [2.75, 3.05) is 13.1 Å². The Hall–Kier alpha value is -0.430. The van der Waals surface area contributed by atoms with Crippen molar-refractivity contribution in [3.63, 3.8) is 0 Å². The zero-order valence-electron chi connectivity index (χ0n) is 8.35. The molecule has 0 aliphatic heterocycles. The van der Waals surface area contributed by atoms with E-state index >= 15 is 0 Å². The molecule has 0 rings (SSSR count). The summed E-state index contributed by atoms with van der Waals surface area (Å²) in [5.74, 6) is 0. The van der Waals surface area contributed by atoms with Crippen LogP contribution in [0.3, 0.4) is 0 Å². The van der Waals surface area contributed by atoms with Crippen LogP contribution in [0.4, 0.5) is 0 Å². The van der Waals surface area contributed by atoms with Gasteiger partial charge in [-0.05, 0) is 6.42 Å². The Kier molecular flexibility index (Phi) is 6.73. The third kappa shape index (κ3) is 8.18. The number of nitrogens with zero attached hydrogens (tertiary/aromatic N) is 1. The first-order valence-electron chi connectivity index (χ1n) is 4.52. The highest BCUT2D eigenvalue weighted by atomic mass is 32.3. The van der Waals surface area contributed by atoms with Gasteiger partial charge in [0.2, 0.25) is 0 Å². The summed E-state index contributed by atoms with van der Waals surface area (Å²) in [6.45, 7) is 6.23. The second kappa shape index (κ2) is 6.94. The van der Waals surface area contributed by atoms with Crippen LogP contribution in [-0.4, -0.2) is 31.1 Å². The van der Waals surface area contributed by atoms with E-state index < -0.39 is 10.4 Å². The summed E-state index contributed by atoms with van der Waals surface area (Å²) in [5, 5.41) is 1.16. The van der Waals surface area contributed by atoms with Crippen molar-refractivity contribution in [1.82, 2.24) is 5.06 Å². The quantitative estimate of drug-likeness (QED) is 0.291. The van der Waals surface area contributed by atoms with Crippen molar-refractivity contribution in [1.29, 1.82) is 0 Å². The van der Waals surface area contributed by atoms with Gasteiger partial charge in [-0.25, -0.2) is 0 Å². The third-order valence-electron chi connectivity index (χ3n) is 1.54. The number of hydrogen-bond acceptors (Lipinski definition) is 4. The lowest BCUT2D eigenvalue weighted by molar-refractivity contribution is -0.0513. The maximum Gasteiger partial charge on any atom is 0.413 e. The molecule has 0 bridgehead atoms. The molecule has 0 aliphatic carbocycles. The molecule has 0 saturated heterocycles. The van der Waals surface area contributed by atoms with Crippen LogP contribution >= 0.6 is 0 Å². The lowest BCUT2D eigenvalue weighted by atomic mass is 10.2. The van der Waals surface area contributed by atoms with Gasteiger partial charge in [-0.2, -0.15) is 17.8 Å². The van der Waals surface area contributed by atoms with Crippen LogP contribution in [0.25, 0.3) is 0 Å². The second-order valence-corrected chi connectivity index (χ2v) is 3.89. The van der Waals surface area contributed by atoms with Crippen molar-refractivity contribution in [3.8, 4) is 0 Å². The van der Waals surface area contributed by atoms with Crippen LogP contribution in [0.5, 0.6) is 0 Å². The summed E-state index contributed by atoms with van der Waals surface area (Å²) in [6.07, 6.45) is 4.35. The van der Waals surface area contributed by atoms with Crippen molar-refractivity contribution in [2.24, 2.45) is 0 Å². The zero-order valence-corrected chi connectivity index (χ0v) is 9.16. The molecule has 0 amide bonds. The first-order chi connectivity index (χ1) is 6.49. The first-order valence-corrected chi connectivity index (χ1v) is 5.89. The molecular formula is C8H17NO4S. The van der Waals surface area contributed by atoms with E-state index in [0.29, 0.717) is 6.54 Å². The maximum absolute atomic E-state index is 10.4. The fourth-order valence-electron chi connectivity index (χ4n) is 0.974. The van der Waals surface area contributed by atoms with Crippen molar-refractivity contribution in [3.05, 3.63) is 12.7 Å². The van der Waals surface area contributed by atoms with Gasteiger partial charge in [-0.15, -0.1) is 6.58 Å². The summed E-state index contributed by atoms with van der Waals surface area (Å²) in [7, 11) is -4.40. The molecule has 14 heavy (non-hydrogen) atoms. The molecule has 1 N–H and O–H groups in total. The molecule has 0 atom stereocenters. The van der Waals surface area contributed by atoms with Gasteiger partial charge in [0, 0.05) is 13.1 Å². The molecule has 0 saturated carbocycles. The van der Waals surface area contributed by atoms with Crippen molar-refractivity contribution < 1.29 is 17.3 Å². The minimum absolute atomic E-state index is 0.267. The summed E-state index contributed by atoms with van der Waals surface area (Å²) in [5.41, 5.74) is 0. The molecule has 0 aromatic carbocycles. The maximum atomic E-state index is 10.4.